The Morgan fingerprint density at radius 2 is 1.00 bits per heavy atom. The molecule has 0 saturated carbocycles. The number of benzene rings is 4. The van der Waals surface area contributed by atoms with Crippen molar-refractivity contribution in [3.05, 3.63) is 163 Å². The Morgan fingerprint density at radius 3 is 1.46 bits per heavy atom. The topological polar surface area (TPSA) is 66.2 Å². The van der Waals surface area contributed by atoms with Gasteiger partial charge in [-0.25, -0.2) is 0 Å². The molecule has 4 aromatic heterocycles. The number of hydrogen-bond acceptors (Lipinski definition) is 6. The largest absolute Gasteiger partial charge is 0.488 e. The molecule has 4 nitrogen and oxygen atoms in total. The van der Waals surface area contributed by atoms with Crippen LogP contribution in [0.4, 0.5) is 0 Å². The molecule has 0 aliphatic rings. The second-order valence-corrected chi connectivity index (χ2v) is 12.8. The van der Waals surface area contributed by atoms with Crippen LogP contribution in [0.1, 0.15) is 0 Å². The van der Waals surface area contributed by atoms with Gasteiger partial charge in [-0.15, -0.1) is 22.7 Å². The smallest absolute Gasteiger partial charge is 0.423 e. The Balaban J connectivity index is 0.000000131. The van der Waals surface area contributed by atoms with Gasteiger partial charge >= 0.3 is 7.12 Å². The van der Waals surface area contributed by atoms with E-state index in [-0.39, 0.29) is 0 Å². The van der Waals surface area contributed by atoms with Crippen molar-refractivity contribution in [2.45, 2.75) is 0 Å². The van der Waals surface area contributed by atoms with Gasteiger partial charge in [0.15, 0.2) is 0 Å². The Morgan fingerprint density at radius 1 is 0.500 bits per heavy atom. The summed E-state index contributed by atoms with van der Waals surface area (Å²) in [5.74, 6) is 0. The zero-order chi connectivity index (χ0) is 31.7. The first-order valence-electron chi connectivity index (χ1n) is 14.6. The van der Waals surface area contributed by atoms with Crippen LogP contribution in [0.15, 0.2) is 158 Å². The standard InChI is InChI=1S/C19H13NS.C13H8ClNS.C6H7BO2/c1-2-6-14(7-3-1)16-10-11-17(20-13-16)19-12-15-8-4-5-9-18(15)21-19;14-10-5-6-11(15-8-10)13-7-9-3-1-2-4-12(9)16-13;8-7(9)6-4-2-1-3-5-6/h1-13H;1-8H;1-5,8-9H. The van der Waals surface area contributed by atoms with Gasteiger partial charge in [0.2, 0.25) is 0 Å². The predicted molar refractivity (Wildman–Crippen MR) is 197 cm³/mol. The van der Waals surface area contributed by atoms with E-state index in [2.05, 4.69) is 101 Å². The number of halogens is 1. The molecule has 0 bridgehead atoms. The maximum atomic E-state index is 8.58. The lowest BCUT2D eigenvalue weighted by Crippen LogP contribution is -2.29. The number of pyridine rings is 2. The monoisotopic (exact) mass is 654 g/mol. The normalized spacial score (nSPS) is 10.5. The van der Waals surface area contributed by atoms with Crippen LogP contribution in [-0.2, 0) is 0 Å². The van der Waals surface area contributed by atoms with Crippen molar-refractivity contribution in [3.63, 3.8) is 0 Å². The number of fused-ring (bicyclic) bond motifs is 2. The molecule has 8 aromatic rings. The Bertz CT molecular complexity index is 2070. The Hall–Kier alpha value is -4.63. The van der Waals surface area contributed by atoms with E-state index < -0.39 is 7.12 Å². The van der Waals surface area contributed by atoms with Crippen molar-refractivity contribution in [1.82, 2.24) is 9.97 Å². The van der Waals surface area contributed by atoms with Gasteiger partial charge in [-0.2, -0.15) is 0 Å². The van der Waals surface area contributed by atoms with Crippen LogP contribution >= 0.6 is 34.3 Å². The molecule has 8 rings (SSSR count). The van der Waals surface area contributed by atoms with Crippen LogP contribution in [0, 0.1) is 0 Å². The van der Waals surface area contributed by atoms with Crippen LogP contribution in [0.25, 0.3) is 52.4 Å². The van der Waals surface area contributed by atoms with Crippen LogP contribution in [0.3, 0.4) is 0 Å². The third-order valence-corrected chi connectivity index (χ3v) is 9.55. The van der Waals surface area contributed by atoms with Gasteiger partial charge in [-0.05, 0) is 64.3 Å². The Labute approximate surface area is 281 Å². The molecule has 224 valence electrons. The highest BCUT2D eigenvalue weighted by molar-refractivity contribution is 7.22. The van der Waals surface area contributed by atoms with Crippen molar-refractivity contribution in [1.29, 1.82) is 0 Å². The van der Waals surface area contributed by atoms with Gasteiger partial charge in [0.25, 0.3) is 0 Å². The lowest BCUT2D eigenvalue weighted by atomic mass is 9.81. The van der Waals surface area contributed by atoms with Crippen LogP contribution < -0.4 is 5.46 Å². The molecule has 0 spiro atoms. The first-order valence-corrected chi connectivity index (χ1v) is 16.6. The summed E-state index contributed by atoms with van der Waals surface area (Å²) in [6.07, 6.45) is 3.64. The fraction of sp³-hybridized carbons (Fsp3) is 0. The van der Waals surface area contributed by atoms with Crippen molar-refractivity contribution in [2.75, 3.05) is 0 Å². The number of thiophene rings is 2. The maximum Gasteiger partial charge on any atom is 0.488 e. The summed E-state index contributed by atoms with van der Waals surface area (Å²) in [6.45, 7) is 0. The molecule has 0 unspecified atom stereocenters. The third kappa shape index (κ3) is 7.96. The average Bonchev–Trinajstić information content (AvgIpc) is 3.75. The summed E-state index contributed by atoms with van der Waals surface area (Å²) in [7, 11) is -1.34. The summed E-state index contributed by atoms with van der Waals surface area (Å²) >= 11 is 9.36. The van der Waals surface area contributed by atoms with Gasteiger partial charge in [-0.1, -0.05) is 115 Å². The lowest BCUT2D eigenvalue weighted by molar-refractivity contribution is 0.426. The number of rotatable bonds is 4. The lowest BCUT2D eigenvalue weighted by Gasteiger charge is -2.02. The zero-order valence-electron chi connectivity index (χ0n) is 24.6. The van der Waals surface area contributed by atoms with Crippen molar-refractivity contribution in [3.8, 4) is 32.3 Å². The van der Waals surface area contributed by atoms with E-state index in [4.69, 9.17) is 21.6 Å². The highest BCUT2D eigenvalue weighted by Crippen LogP contribution is 2.34. The average molecular weight is 655 g/mol. The molecule has 0 radical (unpaired) electrons. The number of hydrogen-bond donors (Lipinski definition) is 2. The van der Waals surface area contributed by atoms with Crippen LogP contribution in [0.5, 0.6) is 0 Å². The van der Waals surface area contributed by atoms with Crippen molar-refractivity contribution in [2.24, 2.45) is 0 Å². The molecule has 0 fully saturated rings. The number of nitrogens with zero attached hydrogens (tertiary/aromatic N) is 2. The van der Waals surface area contributed by atoms with E-state index in [0.717, 1.165) is 17.0 Å². The number of aromatic nitrogens is 2. The zero-order valence-corrected chi connectivity index (χ0v) is 27.0. The van der Waals surface area contributed by atoms with E-state index in [1.54, 1.807) is 53.1 Å². The predicted octanol–water partition coefficient (Wildman–Crippen LogP) is 9.61. The van der Waals surface area contributed by atoms with Gasteiger partial charge < -0.3 is 10.0 Å². The van der Waals surface area contributed by atoms with Crippen LogP contribution in [-0.4, -0.2) is 27.1 Å². The fourth-order valence-corrected chi connectivity index (χ4v) is 6.89. The minimum absolute atomic E-state index is 0.525. The highest BCUT2D eigenvalue weighted by Gasteiger charge is 2.08. The molecular weight excluding hydrogens is 627 g/mol. The molecule has 0 saturated heterocycles. The molecule has 0 aliphatic carbocycles. The van der Waals surface area contributed by atoms with Crippen LogP contribution in [0.2, 0.25) is 5.02 Å². The minimum Gasteiger partial charge on any atom is -0.423 e. The summed E-state index contributed by atoms with van der Waals surface area (Å²) < 4.78 is 2.59. The molecule has 46 heavy (non-hydrogen) atoms. The quantitative estimate of drug-likeness (QED) is 0.186. The van der Waals surface area contributed by atoms with Crippen molar-refractivity contribution >= 4 is 67.0 Å². The summed E-state index contributed by atoms with van der Waals surface area (Å²) in [5, 5.41) is 20.4. The van der Waals surface area contributed by atoms with E-state index >= 15 is 0 Å². The van der Waals surface area contributed by atoms with Crippen molar-refractivity contribution < 1.29 is 10.0 Å². The second kappa shape index (κ2) is 15.1. The van der Waals surface area contributed by atoms with Gasteiger partial charge in [0.1, 0.15) is 0 Å². The molecule has 0 amide bonds. The maximum absolute atomic E-state index is 8.58. The molecule has 4 aromatic carbocycles. The fourth-order valence-electron chi connectivity index (χ4n) is 4.70. The first-order chi connectivity index (χ1) is 22.5. The van der Waals surface area contributed by atoms with Gasteiger partial charge in [0.05, 0.1) is 26.2 Å². The highest BCUT2D eigenvalue weighted by atomic mass is 35.5. The second-order valence-electron chi connectivity index (χ2n) is 10.2. The molecule has 0 aliphatic heterocycles. The summed E-state index contributed by atoms with van der Waals surface area (Å²) in [6, 6.07) is 48.2. The Kier molecular flexibility index (Phi) is 10.3. The summed E-state index contributed by atoms with van der Waals surface area (Å²) in [5.41, 5.74) is 4.90. The molecule has 4 heterocycles. The van der Waals surface area contributed by atoms with E-state index in [0.29, 0.717) is 10.5 Å². The van der Waals surface area contributed by atoms with E-state index in [1.807, 2.05) is 36.5 Å². The molecule has 0 atom stereocenters. The molecule has 8 heteroatoms. The van der Waals surface area contributed by atoms with Gasteiger partial charge in [0, 0.05) is 27.4 Å². The van der Waals surface area contributed by atoms with Gasteiger partial charge in [-0.3, -0.25) is 9.97 Å². The first kappa shape index (κ1) is 31.4. The SMILES string of the molecule is Clc1ccc(-c2cc3ccccc3s2)nc1.OB(O)c1ccccc1.c1ccc(-c2ccc(-c3cc4ccccc4s3)nc2)cc1. The molecular formula is C38H28BClN2O2S2. The molecule has 2 N–H and O–H groups in total. The van der Waals surface area contributed by atoms with E-state index in [1.165, 1.54) is 35.5 Å². The third-order valence-electron chi connectivity index (χ3n) is 7.05. The van der Waals surface area contributed by atoms with E-state index in [9.17, 15) is 0 Å². The minimum atomic E-state index is -1.34. The summed E-state index contributed by atoms with van der Waals surface area (Å²) in [4.78, 5) is 11.4.